The molecule has 4 aliphatic rings. The molecule has 0 radical (unpaired) electrons. The highest BCUT2D eigenvalue weighted by Crippen LogP contribution is 2.49. The van der Waals surface area contributed by atoms with Gasteiger partial charge in [0, 0.05) is 24.2 Å². The molecule has 0 aliphatic heterocycles. The van der Waals surface area contributed by atoms with E-state index >= 15 is 0 Å². The third-order valence-electron chi connectivity index (χ3n) is 11.1. The monoisotopic (exact) mass is 560 g/mol. The molecular formula is C34H60N2O4. The zero-order valence-electron chi connectivity index (χ0n) is 26.4. The molecule has 0 aromatic carbocycles. The van der Waals surface area contributed by atoms with E-state index in [9.17, 15) is 9.59 Å². The number of nitrogens with zero attached hydrogens (tertiary/aromatic N) is 2. The van der Waals surface area contributed by atoms with Gasteiger partial charge in [-0.05, 0) is 78.1 Å². The molecule has 230 valence electrons. The van der Waals surface area contributed by atoms with Gasteiger partial charge in [-0.15, -0.1) is 0 Å². The molecule has 0 spiro atoms. The van der Waals surface area contributed by atoms with E-state index in [0.29, 0.717) is 37.4 Å². The number of carbonyl (C=O) groups excluding carboxylic acids is 2. The predicted molar refractivity (Wildman–Crippen MR) is 161 cm³/mol. The van der Waals surface area contributed by atoms with Gasteiger partial charge in [0.15, 0.2) is 0 Å². The molecule has 4 aliphatic carbocycles. The summed E-state index contributed by atoms with van der Waals surface area (Å²) in [7, 11) is 0. The molecule has 2 atom stereocenters. The van der Waals surface area contributed by atoms with Gasteiger partial charge >= 0.3 is 11.9 Å². The maximum absolute atomic E-state index is 14.8. The van der Waals surface area contributed by atoms with Crippen LogP contribution in [0.2, 0.25) is 0 Å². The van der Waals surface area contributed by atoms with Crippen LogP contribution in [0.3, 0.4) is 0 Å². The second-order valence-corrected chi connectivity index (χ2v) is 13.7. The number of hydrogen-bond acceptors (Lipinski definition) is 6. The van der Waals surface area contributed by atoms with Gasteiger partial charge in [-0.1, -0.05) is 78.1 Å². The lowest BCUT2D eigenvalue weighted by atomic mass is 9.72. The van der Waals surface area contributed by atoms with Gasteiger partial charge in [0.05, 0.1) is 13.2 Å². The number of carbonyl (C=O) groups is 2. The van der Waals surface area contributed by atoms with Crippen molar-refractivity contribution in [3.63, 3.8) is 0 Å². The molecule has 0 bridgehead atoms. The van der Waals surface area contributed by atoms with Crippen LogP contribution in [0.1, 0.15) is 156 Å². The second-order valence-electron chi connectivity index (χ2n) is 13.7. The minimum atomic E-state index is -1.11. The topological polar surface area (TPSA) is 59.1 Å². The third kappa shape index (κ3) is 6.43. The number of esters is 2. The molecule has 40 heavy (non-hydrogen) atoms. The van der Waals surface area contributed by atoms with Gasteiger partial charge in [0.25, 0.3) is 0 Å². The van der Waals surface area contributed by atoms with Crippen LogP contribution in [0, 0.1) is 0 Å². The summed E-state index contributed by atoms with van der Waals surface area (Å²) in [6, 6.07) is 1.24. The Bertz CT molecular complexity index is 698. The van der Waals surface area contributed by atoms with Crippen LogP contribution in [0.4, 0.5) is 0 Å². The quantitative estimate of drug-likeness (QED) is 0.152. The summed E-state index contributed by atoms with van der Waals surface area (Å²) in [4.78, 5) is 34.8. The SMILES string of the molecule is CCCCOC(=O)C(C)(N(C1CCCC1)C1CCCC1)C(C)(C(=O)OCCCC)N(C1CCCC1)C1CCCC1. The fourth-order valence-corrected chi connectivity index (χ4v) is 8.80. The van der Waals surface area contributed by atoms with Crippen LogP contribution < -0.4 is 0 Å². The summed E-state index contributed by atoms with van der Waals surface area (Å²) in [5, 5.41) is 0. The summed E-state index contributed by atoms with van der Waals surface area (Å²) >= 11 is 0. The second kappa shape index (κ2) is 14.8. The van der Waals surface area contributed by atoms with Gasteiger partial charge in [-0.2, -0.15) is 0 Å². The Morgan fingerprint density at radius 3 is 1.02 bits per heavy atom. The number of hydrogen-bond donors (Lipinski definition) is 0. The van der Waals surface area contributed by atoms with Gasteiger partial charge in [-0.25, -0.2) is 9.59 Å². The highest BCUT2D eigenvalue weighted by molar-refractivity contribution is 5.94. The van der Waals surface area contributed by atoms with E-state index < -0.39 is 11.1 Å². The van der Waals surface area contributed by atoms with Crippen molar-refractivity contribution in [3.05, 3.63) is 0 Å². The van der Waals surface area contributed by atoms with E-state index in [2.05, 4.69) is 37.5 Å². The normalized spacial score (nSPS) is 24.6. The van der Waals surface area contributed by atoms with Crippen molar-refractivity contribution in [1.29, 1.82) is 0 Å². The zero-order valence-corrected chi connectivity index (χ0v) is 26.4. The van der Waals surface area contributed by atoms with Crippen LogP contribution >= 0.6 is 0 Å². The fourth-order valence-electron chi connectivity index (χ4n) is 8.80. The van der Waals surface area contributed by atoms with Crippen molar-refractivity contribution in [2.75, 3.05) is 13.2 Å². The summed E-state index contributed by atoms with van der Waals surface area (Å²) in [6.07, 6.45) is 22.0. The van der Waals surface area contributed by atoms with E-state index in [0.717, 1.165) is 77.0 Å². The predicted octanol–water partition coefficient (Wildman–Crippen LogP) is 7.56. The Hall–Kier alpha value is -1.14. The largest absolute Gasteiger partial charge is 0.464 e. The van der Waals surface area contributed by atoms with Crippen LogP contribution in [0.15, 0.2) is 0 Å². The van der Waals surface area contributed by atoms with Gasteiger partial charge in [0.1, 0.15) is 11.1 Å². The van der Waals surface area contributed by atoms with Crippen LogP contribution in [-0.4, -0.2) is 70.2 Å². The maximum atomic E-state index is 14.8. The van der Waals surface area contributed by atoms with Crippen molar-refractivity contribution in [2.24, 2.45) is 0 Å². The van der Waals surface area contributed by atoms with Crippen molar-refractivity contribution in [3.8, 4) is 0 Å². The van der Waals surface area contributed by atoms with Crippen LogP contribution in [-0.2, 0) is 19.1 Å². The Morgan fingerprint density at radius 1 is 0.550 bits per heavy atom. The van der Waals surface area contributed by atoms with E-state index in [4.69, 9.17) is 9.47 Å². The van der Waals surface area contributed by atoms with Gasteiger partial charge in [0.2, 0.25) is 0 Å². The van der Waals surface area contributed by atoms with E-state index in [1.807, 2.05) is 0 Å². The molecule has 2 unspecified atom stereocenters. The highest BCUT2D eigenvalue weighted by Gasteiger charge is 2.67. The van der Waals surface area contributed by atoms with Crippen molar-refractivity contribution in [1.82, 2.24) is 9.80 Å². The standard InChI is InChI=1S/C34H60N2O4/c1-5-7-25-39-31(37)33(3,35(27-17-9-10-18-27)28-19-11-12-20-28)34(4,32(38)40-26-8-6-2)36(29-21-13-14-22-29)30-23-15-16-24-30/h27-30H,5-26H2,1-4H3. The first-order valence-electron chi connectivity index (χ1n) is 17.3. The molecule has 4 saturated carbocycles. The maximum Gasteiger partial charge on any atom is 0.328 e. The minimum Gasteiger partial charge on any atom is -0.464 e. The number of unbranched alkanes of at least 4 members (excludes halogenated alkanes) is 2. The number of ether oxygens (including phenoxy) is 2. The summed E-state index contributed by atoms with van der Waals surface area (Å²) in [6.45, 7) is 9.32. The van der Waals surface area contributed by atoms with Gasteiger partial charge < -0.3 is 9.47 Å². The number of rotatable bonds is 15. The van der Waals surface area contributed by atoms with E-state index in [1.54, 1.807) is 0 Å². The molecule has 4 rings (SSSR count). The lowest BCUT2D eigenvalue weighted by molar-refractivity contribution is -0.198. The Labute approximate surface area is 245 Å². The summed E-state index contributed by atoms with van der Waals surface area (Å²) in [5.41, 5.74) is -2.22. The average Bonchev–Trinajstić information content (AvgIpc) is 3.77. The molecule has 0 saturated heterocycles. The highest BCUT2D eigenvalue weighted by atomic mass is 16.5. The molecule has 0 aromatic heterocycles. The molecular weight excluding hydrogens is 500 g/mol. The average molecular weight is 561 g/mol. The minimum absolute atomic E-state index is 0.198. The Morgan fingerprint density at radius 2 is 0.800 bits per heavy atom. The first kappa shape index (κ1) is 31.8. The summed E-state index contributed by atoms with van der Waals surface area (Å²) in [5.74, 6) is -0.397. The van der Waals surface area contributed by atoms with Crippen LogP contribution in [0.5, 0.6) is 0 Å². The third-order valence-corrected chi connectivity index (χ3v) is 11.1. The fraction of sp³-hybridized carbons (Fsp3) is 0.941. The Kier molecular flexibility index (Phi) is 11.8. The smallest absolute Gasteiger partial charge is 0.328 e. The van der Waals surface area contributed by atoms with Gasteiger partial charge in [-0.3, -0.25) is 9.80 Å². The molecule has 0 amide bonds. The molecule has 6 heteroatoms. The van der Waals surface area contributed by atoms with Crippen molar-refractivity contribution >= 4 is 11.9 Å². The molecule has 0 N–H and O–H groups in total. The zero-order chi connectivity index (χ0) is 28.6. The molecule has 6 nitrogen and oxygen atoms in total. The lowest BCUT2D eigenvalue weighted by Crippen LogP contribution is -2.79. The van der Waals surface area contributed by atoms with E-state index in [-0.39, 0.29) is 11.9 Å². The van der Waals surface area contributed by atoms with E-state index in [1.165, 1.54) is 51.4 Å². The molecule has 4 fully saturated rings. The van der Waals surface area contributed by atoms with Crippen molar-refractivity contribution in [2.45, 2.75) is 191 Å². The lowest BCUT2D eigenvalue weighted by Gasteiger charge is -2.59. The molecule has 0 aromatic rings. The summed E-state index contributed by atoms with van der Waals surface area (Å²) < 4.78 is 12.5. The van der Waals surface area contributed by atoms with Crippen LogP contribution in [0.25, 0.3) is 0 Å². The van der Waals surface area contributed by atoms with Crippen molar-refractivity contribution < 1.29 is 19.1 Å². The first-order chi connectivity index (χ1) is 19.4. The Balaban J connectivity index is 1.88. The first-order valence-corrected chi connectivity index (χ1v) is 17.3. The molecule has 0 heterocycles.